The van der Waals surface area contributed by atoms with Crippen molar-refractivity contribution < 1.29 is 29.0 Å². The highest BCUT2D eigenvalue weighted by Gasteiger charge is 2.32. The Hall–Kier alpha value is -2.35. The lowest BCUT2D eigenvalue weighted by Gasteiger charge is -2.25. The van der Waals surface area contributed by atoms with Crippen LogP contribution in [0, 0.1) is 0 Å². The van der Waals surface area contributed by atoms with E-state index in [-0.39, 0.29) is 12.4 Å². The van der Waals surface area contributed by atoms with E-state index in [9.17, 15) is 19.5 Å². The van der Waals surface area contributed by atoms with Gasteiger partial charge in [0.05, 0.1) is 12.0 Å². The topological polar surface area (TPSA) is 102 Å². The molecule has 0 radical (unpaired) electrons. The number of aliphatic carboxylic acids is 1. The van der Waals surface area contributed by atoms with Crippen LogP contribution in [0.2, 0.25) is 25.7 Å². The molecule has 31 heavy (non-hydrogen) atoms. The number of esters is 1. The predicted molar refractivity (Wildman–Crippen MR) is 123 cm³/mol. The van der Waals surface area contributed by atoms with Gasteiger partial charge >= 0.3 is 18.0 Å². The number of amides is 1. The third kappa shape index (κ3) is 9.55. The van der Waals surface area contributed by atoms with Crippen molar-refractivity contribution in [3.8, 4) is 0 Å². The molecule has 0 saturated carbocycles. The van der Waals surface area contributed by atoms with Gasteiger partial charge in [-0.1, -0.05) is 43.9 Å². The third-order valence-corrected chi connectivity index (χ3v) is 6.40. The van der Waals surface area contributed by atoms with Gasteiger partial charge in [-0.15, -0.1) is 0 Å². The highest BCUT2D eigenvalue weighted by Crippen LogP contribution is 2.26. The minimum atomic E-state index is -1.28. The van der Waals surface area contributed by atoms with Crippen molar-refractivity contribution in [2.45, 2.75) is 83.8 Å². The summed E-state index contributed by atoms with van der Waals surface area (Å²) in [5, 5.41) is 11.8. The fraction of sp³-hybridized carbons (Fsp3) is 0.609. The van der Waals surface area contributed by atoms with Gasteiger partial charge in [-0.25, -0.2) is 9.59 Å². The molecular formula is C23H37NO6Si. The van der Waals surface area contributed by atoms with Gasteiger partial charge in [-0.05, 0) is 51.8 Å². The second-order valence-corrected chi connectivity index (χ2v) is 16.1. The zero-order valence-corrected chi connectivity index (χ0v) is 21.0. The van der Waals surface area contributed by atoms with Gasteiger partial charge < -0.3 is 19.9 Å². The molecule has 2 N–H and O–H groups in total. The molecule has 0 aliphatic heterocycles. The Morgan fingerprint density at radius 2 is 1.58 bits per heavy atom. The number of carboxylic acid groups (broad SMARTS) is 1. The number of hydrogen-bond donors (Lipinski definition) is 2. The molecule has 1 atom stereocenters. The number of carbonyl (C=O) groups excluding carboxylic acids is 2. The molecule has 0 saturated heterocycles. The summed E-state index contributed by atoms with van der Waals surface area (Å²) in [6.45, 7) is 15.8. The SMILES string of the molecule is CC(C)(C)OC(=O)N[C@@H](Cc1ccc(C(C)(C)C(=O)OCC[Si](C)(C)C)cc1)C(=O)O. The van der Waals surface area contributed by atoms with E-state index in [2.05, 4.69) is 25.0 Å². The van der Waals surface area contributed by atoms with Gasteiger partial charge in [-0.2, -0.15) is 0 Å². The van der Waals surface area contributed by atoms with Crippen molar-refractivity contribution in [2.75, 3.05) is 6.61 Å². The molecule has 0 bridgehead atoms. The lowest BCUT2D eigenvalue weighted by molar-refractivity contribution is -0.148. The minimum absolute atomic E-state index is 0.0932. The molecule has 1 rings (SSSR count). The van der Waals surface area contributed by atoms with Crippen LogP contribution in [0.4, 0.5) is 4.79 Å². The fourth-order valence-electron chi connectivity index (χ4n) is 2.69. The Morgan fingerprint density at radius 1 is 1.03 bits per heavy atom. The van der Waals surface area contributed by atoms with E-state index >= 15 is 0 Å². The van der Waals surface area contributed by atoms with Gasteiger partial charge in [-0.3, -0.25) is 4.79 Å². The summed E-state index contributed by atoms with van der Waals surface area (Å²) in [6.07, 6.45) is -0.686. The average molecular weight is 452 g/mol. The van der Waals surface area contributed by atoms with Crippen molar-refractivity contribution in [1.29, 1.82) is 0 Å². The summed E-state index contributed by atoms with van der Waals surface area (Å²) in [5.41, 5.74) is -0.0421. The molecule has 0 aliphatic carbocycles. The van der Waals surface area contributed by atoms with E-state index in [1.54, 1.807) is 45.0 Å². The zero-order chi connectivity index (χ0) is 24.0. The highest BCUT2D eigenvalue weighted by molar-refractivity contribution is 6.76. The number of nitrogens with one attached hydrogen (secondary N) is 1. The zero-order valence-electron chi connectivity index (χ0n) is 20.0. The number of alkyl carbamates (subject to hydrolysis) is 1. The van der Waals surface area contributed by atoms with E-state index in [0.717, 1.165) is 17.2 Å². The van der Waals surface area contributed by atoms with E-state index in [1.807, 2.05) is 13.8 Å². The Labute approximate surface area is 186 Å². The van der Waals surface area contributed by atoms with Crippen LogP contribution in [0.15, 0.2) is 24.3 Å². The molecule has 7 nitrogen and oxygen atoms in total. The maximum Gasteiger partial charge on any atom is 0.408 e. The summed E-state index contributed by atoms with van der Waals surface area (Å²) < 4.78 is 10.6. The van der Waals surface area contributed by atoms with E-state index in [4.69, 9.17) is 9.47 Å². The highest BCUT2D eigenvalue weighted by atomic mass is 28.3. The first kappa shape index (κ1) is 26.7. The molecule has 1 aromatic carbocycles. The summed E-state index contributed by atoms with van der Waals surface area (Å²) in [7, 11) is -1.28. The molecule has 0 fully saturated rings. The second-order valence-electron chi connectivity index (χ2n) is 10.5. The van der Waals surface area contributed by atoms with Crippen molar-refractivity contribution >= 4 is 26.1 Å². The predicted octanol–water partition coefficient (Wildman–Crippen LogP) is 4.37. The average Bonchev–Trinajstić information content (AvgIpc) is 2.58. The summed E-state index contributed by atoms with van der Waals surface area (Å²) in [6, 6.07) is 6.90. The third-order valence-electron chi connectivity index (χ3n) is 4.70. The molecule has 1 amide bonds. The minimum Gasteiger partial charge on any atom is -0.480 e. The van der Waals surface area contributed by atoms with Gasteiger partial charge in [0.2, 0.25) is 0 Å². The number of rotatable bonds is 9. The van der Waals surface area contributed by atoms with Crippen LogP contribution in [0.5, 0.6) is 0 Å². The van der Waals surface area contributed by atoms with Crippen LogP contribution in [0.25, 0.3) is 0 Å². The van der Waals surface area contributed by atoms with Crippen LogP contribution in [0.3, 0.4) is 0 Å². The summed E-state index contributed by atoms with van der Waals surface area (Å²) in [4.78, 5) is 36.1. The molecule has 0 unspecified atom stereocenters. The van der Waals surface area contributed by atoms with Crippen LogP contribution < -0.4 is 5.32 Å². The van der Waals surface area contributed by atoms with Gasteiger partial charge in [0.1, 0.15) is 11.6 Å². The molecule has 0 heterocycles. The normalized spacial score (nSPS) is 13.3. The van der Waals surface area contributed by atoms with Crippen molar-refractivity contribution in [1.82, 2.24) is 5.32 Å². The molecule has 0 spiro atoms. The quantitative estimate of drug-likeness (QED) is 0.427. The summed E-state index contributed by atoms with van der Waals surface area (Å²) in [5.74, 6) is -1.44. The molecule has 8 heteroatoms. The fourth-order valence-corrected chi connectivity index (χ4v) is 3.41. The Balaban J connectivity index is 2.80. The Bertz CT molecular complexity index is 775. The van der Waals surface area contributed by atoms with Gasteiger partial charge in [0.25, 0.3) is 0 Å². The number of carbonyl (C=O) groups is 3. The maximum absolute atomic E-state index is 12.6. The van der Waals surface area contributed by atoms with Crippen molar-refractivity contribution in [2.24, 2.45) is 0 Å². The van der Waals surface area contributed by atoms with Crippen LogP contribution in [-0.2, 0) is 30.9 Å². The smallest absolute Gasteiger partial charge is 0.408 e. The number of carboxylic acids is 1. The molecule has 0 aliphatic rings. The monoisotopic (exact) mass is 451 g/mol. The standard InChI is InChI=1S/C23H37NO6Si/c1-22(2,3)30-21(28)24-18(19(25)26)15-16-9-11-17(12-10-16)23(4,5)20(27)29-13-14-31(6,7)8/h9-12,18H,13-15H2,1-8H3,(H,24,28)(H,25,26)/t18-/m0/s1. The van der Waals surface area contributed by atoms with E-state index in [1.165, 1.54) is 0 Å². The molecule has 174 valence electrons. The van der Waals surface area contributed by atoms with Crippen LogP contribution >= 0.6 is 0 Å². The van der Waals surface area contributed by atoms with Gasteiger partial charge in [0.15, 0.2) is 0 Å². The second kappa shape index (κ2) is 10.3. The lowest BCUT2D eigenvalue weighted by Crippen LogP contribution is -2.44. The largest absolute Gasteiger partial charge is 0.480 e. The molecule has 0 aromatic heterocycles. The van der Waals surface area contributed by atoms with E-state index in [0.29, 0.717) is 6.61 Å². The molecular weight excluding hydrogens is 414 g/mol. The van der Waals surface area contributed by atoms with E-state index < -0.39 is 37.2 Å². The maximum atomic E-state index is 12.6. The number of ether oxygens (including phenoxy) is 2. The van der Waals surface area contributed by atoms with Crippen LogP contribution in [0.1, 0.15) is 45.7 Å². The number of hydrogen-bond acceptors (Lipinski definition) is 5. The first-order chi connectivity index (χ1) is 14.0. The summed E-state index contributed by atoms with van der Waals surface area (Å²) >= 11 is 0. The van der Waals surface area contributed by atoms with Crippen molar-refractivity contribution in [3.05, 3.63) is 35.4 Å². The Kier molecular flexibility index (Phi) is 8.87. The van der Waals surface area contributed by atoms with Gasteiger partial charge in [0, 0.05) is 14.5 Å². The number of benzene rings is 1. The first-order valence-electron chi connectivity index (χ1n) is 10.5. The van der Waals surface area contributed by atoms with Crippen LogP contribution in [-0.4, -0.2) is 49.5 Å². The first-order valence-corrected chi connectivity index (χ1v) is 14.2. The Morgan fingerprint density at radius 3 is 2.03 bits per heavy atom. The molecule has 1 aromatic rings. The lowest BCUT2D eigenvalue weighted by atomic mass is 9.84. The van der Waals surface area contributed by atoms with Crippen molar-refractivity contribution in [3.63, 3.8) is 0 Å².